The highest BCUT2D eigenvalue weighted by Gasteiger charge is 2.25. The van der Waals surface area contributed by atoms with E-state index in [4.69, 9.17) is 11.6 Å². The maximum absolute atomic E-state index is 11.9. The quantitative estimate of drug-likeness (QED) is 0.512. The molecule has 0 heterocycles. The summed E-state index contributed by atoms with van der Waals surface area (Å²) in [6, 6.07) is 3.82. The van der Waals surface area contributed by atoms with Gasteiger partial charge in [0.2, 0.25) is 0 Å². The van der Waals surface area contributed by atoms with Crippen LogP contribution < -0.4 is 5.32 Å². The van der Waals surface area contributed by atoms with Crippen LogP contribution in [0.3, 0.4) is 0 Å². The first-order chi connectivity index (χ1) is 8.29. The lowest BCUT2D eigenvalue weighted by Gasteiger charge is -2.08. The molecule has 1 aromatic rings. The molecule has 0 aliphatic carbocycles. The number of hydrogen-bond acceptors (Lipinski definition) is 3. The average Bonchev–Trinajstić information content (AvgIpc) is 2.24. The zero-order chi connectivity index (χ0) is 13.8. The highest BCUT2D eigenvalue weighted by Crippen LogP contribution is 2.22. The number of nitro groups is 1. The van der Waals surface area contributed by atoms with E-state index in [0.717, 1.165) is 0 Å². The van der Waals surface area contributed by atoms with Gasteiger partial charge in [0.1, 0.15) is 0 Å². The van der Waals surface area contributed by atoms with Crippen LogP contribution >= 0.6 is 11.6 Å². The van der Waals surface area contributed by atoms with E-state index in [1.807, 2.05) is 0 Å². The Labute approximate surface area is 106 Å². The molecular formula is C10H10ClF3N2O2. The van der Waals surface area contributed by atoms with E-state index in [2.05, 4.69) is 5.32 Å². The predicted octanol–water partition coefficient (Wildman–Crippen LogP) is 3.29. The number of nitro benzene ring substituents is 1. The minimum Gasteiger partial charge on any atom is -0.312 e. The maximum atomic E-state index is 11.9. The van der Waals surface area contributed by atoms with E-state index >= 15 is 0 Å². The summed E-state index contributed by atoms with van der Waals surface area (Å²) in [6.07, 6.45) is -5.18. The third kappa shape index (κ3) is 4.89. The number of nitrogens with one attached hydrogen (secondary N) is 1. The van der Waals surface area contributed by atoms with Crippen LogP contribution in [0.1, 0.15) is 12.0 Å². The summed E-state index contributed by atoms with van der Waals surface area (Å²) in [6.45, 7) is -0.209. The summed E-state index contributed by atoms with van der Waals surface area (Å²) in [7, 11) is 0. The van der Waals surface area contributed by atoms with Crippen LogP contribution in [0.25, 0.3) is 0 Å². The van der Waals surface area contributed by atoms with Crippen molar-refractivity contribution in [2.24, 2.45) is 0 Å². The molecule has 0 unspecified atom stereocenters. The molecular weight excluding hydrogens is 273 g/mol. The zero-order valence-electron chi connectivity index (χ0n) is 9.13. The molecule has 1 N–H and O–H groups in total. The van der Waals surface area contributed by atoms with Crippen molar-refractivity contribution in [1.82, 2.24) is 5.32 Å². The van der Waals surface area contributed by atoms with Gasteiger partial charge in [-0.3, -0.25) is 10.1 Å². The molecule has 18 heavy (non-hydrogen) atoms. The van der Waals surface area contributed by atoms with Crippen molar-refractivity contribution in [1.29, 1.82) is 0 Å². The van der Waals surface area contributed by atoms with E-state index in [1.54, 1.807) is 0 Å². The van der Waals surface area contributed by atoms with Crippen LogP contribution in [0, 0.1) is 10.1 Å². The lowest BCUT2D eigenvalue weighted by atomic mass is 10.2. The second-order valence-electron chi connectivity index (χ2n) is 3.57. The standard InChI is InChI=1S/C10H10ClF3N2O2/c11-9-2-1-8(16(17)18)5-7(9)6-15-4-3-10(12,13)14/h1-2,5,15H,3-4,6H2. The first kappa shape index (κ1) is 14.7. The van der Waals surface area contributed by atoms with Crippen molar-refractivity contribution in [3.8, 4) is 0 Å². The van der Waals surface area contributed by atoms with Gasteiger partial charge >= 0.3 is 6.18 Å². The Hall–Kier alpha value is -1.34. The van der Waals surface area contributed by atoms with Gasteiger partial charge in [-0.05, 0) is 11.6 Å². The van der Waals surface area contributed by atoms with Gasteiger partial charge in [-0.1, -0.05) is 11.6 Å². The first-order valence-corrected chi connectivity index (χ1v) is 5.37. The molecule has 4 nitrogen and oxygen atoms in total. The number of alkyl halides is 3. The van der Waals surface area contributed by atoms with Crippen molar-refractivity contribution in [3.05, 3.63) is 38.9 Å². The van der Waals surface area contributed by atoms with Crippen molar-refractivity contribution in [3.63, 3.8) is 0 Å². The number of hydrogen-bond donors (Lipinski definition) is 1. The fourth-order valence-corrected chi connectivity index (χ4v) is 1.45. The molecule has 100 valence electrons. The molecule has 0 saturated carbocycles. The van der Waals surface area contributed by atoms with Crippen LogP contribution in [-0.2, 0) is 6.54 Å². The number of non-ortho nitro benzene ring substituents is 1. The average molecular weight is 283 g/mol. The molecule has 0 amide bonds. The Bertz CT molecular complexity index is 438. The Morgan fingerprint density at radius 3 is 2.61 bits per heavy atom. The normalized spacial score (nSPS) is 11.6. The summed E-state index contributed by atoms with van der Waals surface area (Å²) in [5, 5.41) is 13.3. The van der Waals surface area contributed by atoms with E-state index in [0.29, 0.717) is 5.56 Å². The van der Waals surface area contributed by atoms with Crippen LogP contribution in [0.2, 0.25) is 5.02 Å². The van der Waals surface area contributed by atoms with Gasteiger partial charge in [0.25, 0.3) is 5.69 Å². The van der Waals surface area contributed by atoms with Gasteiger partial charge in [-0.2, -0.15) is 13.2 Å². The Balaban J connectivity index is 2.56. The summed E-state index contributed by atoms with van der Waals surface area (Å²) >= 11 is 5.78. The van der Waals surface area contributed by atoms with Crippen LogP contribution in [0.5, 0.6) is 0 Å². The zero-order valence-corrected chi connectivity index (χ0v) is 9.88. The van der Waals surface area contributed by atoms with Gasteiger partial charge in [0.05, 0.1) is 11.3 Å². The molecule has 0 saturated heterocycles. The molecule has 0 spiro atoms. The predicted molar refractivity (Wildman–Crippen MR) is 60.5 cm³/mol. The third-order valence-corrected chi connectivity index (χ3v) is 2.51. The van der Waals surface area contributed by atoms with Crippen LogP contribution in [-0.4, -0.2) is 17.6 Å². The number of halogens is 4. The second kappa shape index (κ2) is 6.01. The maximum Gasteiger partial charge on any atom is 0.390 e. The molecule has 0 aromatic heterocycles. The first-order valence-electron chi connectivity index (χ1n) is 5.00. The van der Waals surface area contributed by atoms with E-state index in [9.17, 15) is 23.3 Å². The monoisotopic (exact) mass is 282 g/mol. The minimum absolute atomic E-state index is 0.0522. The van der Waals surface area contributed by atoms with Crippen LogP contribution in [0.15, 0.2) is 18.2 Å². The van der Waals surface area contributed by atoms with Gasteiger partial charge in [0, 0.05) is 30.2 Å². The lowest BCUT2D eigenvalue weighted by Crippen LogP contribution is -2.21. The Morgan fingerprint density at radius 2 is 2.06 bits per heavy atom. The molecule has 0 atom stereocenters. The molecule has 1 rings (SSSR count). The summed E-state index contributed by atoms with van der Waals surface area (Å²) in [4.78, 5) is 9.93. The molecule has 1 aromatic carbocycles. The molecule has 0 fully saturated rings. The van der Waals surface area contributed by atoms with Crippen molar-refractivity contribution in [2.45, 2.75) is 19.1 Å². The fourth-order valence-electron chi connectivity index (χ4n) is 1.26. The number of nitrogens with zero attached hydrogens (tertiary/aromatic N) is 1. The SMILES string of the molecule is O=[N+]([O-])c1ccc(Cl)c(CNCCC(F)(F)F)c1. The van der Waals surface area contributed by atoms with Crippen molar-refractivity contribution < 1.29 is 18.1 Å². The lowest BCUT2D eigenvalue weighted by molar-refractivity contribution is -0.384. The summed E-state index contributed by atoms with van der Waals surface area (Å²) in [5.41, 5.74) is 0.250. The van der Waals surface area contributed by atoms with Crippen molar-refractivity contribution >= 4 is 17.3 Å². The Morgan fingerprint density at radius 1 is 1.39 bits per heavy atom. The highest BCUT2D eigenvalue weighted by atomic mass is 35.5. The summed E-state index contributed by atoms with van der Waals surface area (Å²) in [5.74, 6) is 0. The van der Waals surface area contributed by atoms with E-state index in [-0.39, 0.29) is 23.8 Å². The third-order valence-electron chi connectivity index (χ3n) is 2.14. The van der Waals surface area contributed by atoms with Gasteiger partial charge in [0.15, 0.2) is 0 Å². The van der Waals surface area contributed by atoms with Crippen molar-refractivity contribution in [2.75, 3.05) is 6.54 Å². The topological polar surface area (TPSA) is 55.2 Å². The van der Waals surface area contributed by atoms with E-state index in [1.165, 1.54) is 18.2 Å². The largest absolute Gasteiger partial charge is 0.390 e. The molecule has 0 aliphatic heterocycles. The summed E-state index contributed by atoms with van der Waals surface area (Å²) < 4.78 is 35.6. The molecule has 0 radical (unpaired) electrons. The Kier molecular flexibility index (Phi) is 4.92. The number of benzene rings is 1. The number of rotatable bonds is 5. The van der Waals surface area contributed by atoms with Crippen LogP contribution in [0.4, 0.5) is 18.9 Å². The van der Waals surface area contributed by atoms with Gasteiger partial charge in [-0.25, -0.2) is 0 Å². The minimum atomic E-state index is -4.22. The van der Waals surface area contributed by atoms with E-state index < -0.39 is 17.5 Å². The highest BCUT2D eigenvalue weighted by molar-refractivity contribution is 6.31. The van der Waals surface area contributed by atoms with Gasteiger partial charge < -0.3 is 5.32 Å². The molecule has 0 bridgehead atoms. The smallest absolute Gasteiger partial charge is 0.312 e. The molecule has 0 aliphatic rings. The molecule has 8 heteroatoms. The fraction of sp³-hybridized carbons (Fsp3) is 0.400. The van der Waals surface area contributed by atoms with Gasteiger partial charge in [-0.15, -0.1) is 0 Å². The second-order valence-corrected chi connectivity index (χ2v) is 3.98.